The van der Waals surface area contributed by atoms with Gasteiger partial charge in [0.05, 0.1) is 11.1 Å². The van der Waals surface area contributed by atoms with Crippen molar-refractivity contribution in [2.24, 2.45) is 0 Å². The Morgan fingerprint density at radius 3 is 2.79 bits per heavy atom. The van der Waals surface area contributed by atoms with E-state index in [0.29, 0.717) is 34.2 Å². The zero-order valence-corrected chi connectivity index (χ0v) is 13.4. The van der Waals surface area contributed by atoms with Crippen LogP contribution in [0.15, 0.2) is 36.4 Å². The van der Waals surface area contributed by atoms with Crippen LogP contribution < -0.4 is 11.1 Å². The minimum absolute atomic E-state index is 0.0576. The Labute approximate surface area is 143 Å². The predicted octanol–water partition coefficient (Wildman–Crippen LogP) is 2.82. The van der Waals surface area contributed by atoms with Gasteiger partial charge in [-0.15, -0.1) is 0 Å². The summed E-state index contributed by atoms with van der Waals surface area (Å²) in [4.78, 5) is 24.7. The third-order valence-electron chi connectivity index (χ3n) is 3.90. The maximum absolute atomic E-state index is 12.2. The van der Waals surface area contributed by atoms with E-state index < -0.39 is 0 Å². The fourth-order valence-corrected chi connectivity index (χ4v) is 2.65. The first-order chi connectivity index (χ1) is 11.6. The highest BCUT2D eigenvalue weighted by Gasteiger charge is 2.23. The van der Waals surface area contributed by atoms with E-state index in [1.165, 1.54) is 0 Å². The molecule has 24 heavy (non-hydrogen) atoms. The third kappa shape index (κ3) is 2.88. The Morgan fingerprint density at radius 1 is 1.17 bits per heavy atom. The number of nitrogens with two attached hydrogens (primary N) is 1. The molecule has 3 N–H and O–H groups in total. The number of nitrogens with one attached hydrogen (secondary N) is 1. The van der Waals surface area contributed by atoms with E-state index in [-0.39, 0.29) is 11.2 Å². The molecule has 1 saturated carbocycles. The van der Waals surface area contributed by atoms with Gasteiger partial charge >= 0.3 is 0 Å². The molecule has 0 atom stereocenters. The van der Waals surface area contributed by atoms with E-state index in [1.807, 2.05) is 24.3 Å². The van der Waals surface area contributed by atoms with Crippen LogP contribution in [0.2, 0.25) is 5.28 Å². The first-order valence-electron chi connectivity index (χ1n) is 7.61. The van der Waals surface area contributed by atoms with Crippen molar-refractivity contribution in [2.45, 2.75) is 18.9 Å². The number of hydrogen-bond donors (Lipinski definition) is 2. The quantitative estimate of drug-likeness (QED) is 0.715. The lowest BCUT2D eigenvalue weighted by atomic mass is 10.1. The summed E-state index contributed by atoms with van der Waals surface area (Å²) < 4.78 is 0. The van der Waals surface area contributed by atoms with Gasteiger partial charge in [0.2, 0.25) is 5.28 Å². The summed E-state index contributed by atoms with van der Waals surface area (Å²) >= 11 is 5.85. The van der Waals surface area contributed by atoms with Gasteiger partial charge < -0.3 is 11.1 Å². The molecule has 4 rings (SSSR count). The second-order valence-electron chi connectivity index (χ2n) is 5.77. The Morgan fingerprint density at radius 2 is 2.00 bits per heavy atom. The molecule has 1 fully saturated rings. The number of benzene rings is 1. The molecule has 1 aromatic carbocycles. The number of aromatic nitrogens is 3. The van der Waals surface area contributed by atoms with Crippen LogP contribution in [-0.2, 0) is 0 Å². The van der Waals surface area contributed by atoms with Crippen LogP contribution in [-0.4, -0.2) is 26.9 Å². The molecule has 0 spiro atoms. The molecule has 7 heteroatoms. The molecule has 6 nitrogen and oxygen atoms in total. The lowest BCUT2D eigenvalue weighted by Crippen LogP contribution is -2.25. The minimum Gasteiger partial charge on any atom is -0.383 e. The molecule has 3 aromatic rings. The maximum atomic E-state index is 12.2. The van der Waals surface area contributed by atoms with Gasteiger partial charge in [-0.1, -0.05) is 12.1 Å². The smallest absolute Gasteiger partial charge is 0.251 e. The average molecular weight is 340 g/mol. The number of carbonyl (C=O) groups excluding carboxylic acids is 1. The van der Waals surface area contributed by atoms with Crippen LogP contribution in [0, 0.1) is 0 Å². The summed E-state index contributed by atoms with van der Waals surface area (Å²) in [5.41, 5.74) is 8.39. The Kier molecular flexibility index (Phi) is 3.54. The molecule has 2 heterocycles. The van der Waals surface area contributed by atoms with Gasteiger partial charge in [-0.25, -0.2) is 9.97 Å². The number of anilines is 1. The van der Waals surface area contributed by atoms with Crippen molar-refractivity contribution in [3.05, 3.63) is 47.2 Å². The van der Waals surface area contributed by atoms with Crippen LogP contribution >= 0.6 is 11.6 Å². The number of amides is 1. The van der Waals surface area contributed by atoms with Crippen molar-refractivity contribution in [1.82, 2.24) is 20.3 Å². The zero-order valence-electron chi connectivity index (χ0n) is 12.7. The van der Waals surface area contributed by atoms with Crippen molar-refractivity contribution in [1.29, 1.82) is 0 Å². The average Bonchev–Trinajstić information content (AvgIpc) is 3.38. The van der Waals surface area contributed by atoms with Gasteiger partial charge in [-0.3, -0.25) is 4.79 Å². The van der Waals surface area contributed by atoms with Crippen LogP contribution in [0.25, 0.3) is 22.3 Å². The summed E-state index contributed by atoms with van der Waals surface area (Å²) in [5.74, 6) is 0.233. The summed E-state index contributed by atoms with van der Waals surface area (Å²) in [6, 6.07) is 11.3. The van der Waals surface area contributed by atoms with Gasteiger partial charge in [0.1, 0.15) is 5.82 Å². The predicted molar refractivity (Wildman–Crippen MR) is 92.7 cm³/mol. The molecule has 1 aliphatic carbocycles. The van der Waals surface area contributed by atoms with Crippen LogP contribution in [0.5, 0.6) is 0 Å². The second-order valence-corrected chi connectivity index (χ2v) is 6.11. The van der Waals surface area contributed by atoms with E-state index in [9.17, 15) is 4.79 Å². The molecule has 0 radical (unpaired) electrons. The van der Waals surface area contributed by atoms with Gasteiger partial charge in [-0.05, 0) is 48.7 Å². The van der Waals surface area contributed by atoms with E-state index in [1.54, 1.807) is 12.1 Å². The number of hydrogen-bond acceptors (Lipinski definition) is 5. The molecule has 0 saturated heterocycles. The maximum Gasteiger partial charge on any atom is 0.251 e. The first-order valence-corrected chi connectivity index (χ1v) is 7.99. The molecule has 1 aliphatic rings. The standard InChI is InChI=1S/C17H14ClN5O/c18-17-22-14(19)12-6-7-13(21-15(12)23-17)9-2-1-3-10(8-9)16(24)20-11-4-5-11/h1-3,6-8,11H,4-5H2,(H,20,24)(H2,19,21,22,23). The summed E-state index contributed by atoms with van der Waals surface area (Å²) in [5, 5.41) is 3.68. The van der Waals surface area contributed by atoms with E-state index in [4.69, 9.17) is 17.3 Å². The normalized spacial score (nSPS) is 13.9. The van der Waals surface area contributed by atoms with E-state index in [2.05, 4.69) is 20.3 Å². The summed E-state index contributed by atoms with van der Waals surface area (Å²) in [6.45, 7) is 0. The minimum atomic E-state index is -0.0604. The zero-order chi connectivity index (χ0) is 16.7. The van der Waals surface area contributed by atoms with Crippen molar-refractivity contribution >= 4 is 34.4 Å². The van der Waals surface area contributed by atoms with Gasteiger partial charge in [0, 0.05) is 17.2 Å². The van der Waals surface area contributed by atoms with E-state index in [0.717, 1.165) is 18.4 Å². The largest absolute Gasteiger partial charge is 0.383 e. The molecular formula is C17H14ClN5O. The molecular weight excluding hydrogens is 326 g/mol. The number of nitrogen functional groups attached to an aromatic ring is 1. The highest BCUT2D eigenvalue weighted by Crippen LogP contribution is 2.25. The van der Waals surface area contributed by atoms with Crippen molar-refractivity contribution in [3.8, 4) is 11.3 Å². The fourth-order valence-electron chi connectivity index (χ4n) is 2.48. The molecule has 0 bridgehead atoms. The Hall–Kier alpha value is -2.73. The molecule has 120 valence electrons. The first kappa shape index (κ1) is 14.8. The molecule has 0 unspecified atom stereocenters. The number of halogens is 1. The van der Waals surface area contributed by atoms with Crippen molar-refractivity contribution in [2.75, 3.05) is 5.73 Å². The topological polar surface area (TPSA) is 93.8 Å². The second kappa shape index (κ2) is 5.72. The summed E-state index contributed by atoms with van der Waals surface area (Å²) in [6.07, 6.45) is 2.11. The van der Waals surface area contributed by atoms with Gasteiger partial charge in [-0.2, -0.15) is 4.98 Å². The molecule has 1 amide bonds. The number of fused-ring (bicyclic) bond motifs is 1. The van der Waals surface area contributed by atoms with Gasteiger partial charge in [0.15, 0.2) is 5.65 Å². The Balaban J connectivity index is 1.72. The third-order valence-corrected chi connectivity index (χ3v) is 4.06. The number of pyridine rings is 1. The van der Waals surface area contributed by atoms with Crippen molar-refractivity contribution in [3.63, 3.8) is 0 Å². The number of nitrogens with zero attached hydrogens (tertiary/aromatic N) is 3. The van der Waals surface area contributed by atoms with Crippen LogP contribution in [0.3, 0.4) is 0 Å². The number of carbonyl (C=O) groups is 1. The van der Waals surface area contributed by atoms with Crippen LogP contribution in [0.4, 0.5) is 5.82 Å². The van der Waals surface area contributed by atoms with Crippen LogP contribution in [0.1, 0.15) is 23.2 Å². The van der Waals surface area contributed by atoms with Crippen molar-refractivity contribution < 1.29 is 4.79 Å². The van der Waals surface area contributed by atoms with E-state index >= 15 is 0 Å². The number of rotatable bonds is 3. The molecule has 0 aliphatic heterocycles. The van der Waals surface area contributed by atoms with Gasteiger partial charge in [0.25, 0.3) is 5.91 Å². The highest BCUT2D eigenvalue weighted by molar-refractivity contribution is 6.28. The monoisotopic (exact) mass is 339 g/mol. The Bertz CT molecular complexity index is 955. The SMILES string of the molecule is Nc1nc(Cl)nc2nc(-c3cccc(C(=O)NC4CC4)c3)ccc12. The lowest BCUT2D eigenvalue weighted by Gasteiger charge is -2.07. The fraction of sp³-hybridized carbons (Fsp3) is 0.176. The molecule has 2 aromatic heterocycles. The summed E-state index contributed by atoms with van der Waals surface area (Å²) in [7, 11) is 0. The lowest BCUT2D eigenvalue weighted by molar-refractivity contribution is 0.0951. The highest BCUT2D eigenvalue weighted by atomic mass is 35.5.